The molecule has 0 fully saturated rings. The van der Waals surface area contributed by atoms with E-state index < -0.39 is 5.97 Å². The van der Waals surface area contributed by atoms with E-state index >= 15 is 0 Å². The number of methoxy groups -OCH3 is 2. The van der Waals surface area contributed by atoms with Gasteiger partial charge < -0.3 is 18.9 Å². The van der Waals surface area contributed by atoms with Crippen LogP contribution in [-0.2, 0) is 11.3 Å². The molecule has 0 aliphatic carbocycles. The molecule has 30 heavy (non-hydrogen) atoms. The zero-order valence-electron chi connectivity index (χ0n) is 18.4. The molecule has 1 aromatic heterocycles. The van der Waals surface area contributed by atoms with E-state index in [1.165, 1.54) is 12.8 Å². The minimum Gasteiger partial charge on any atom is -0.493 e. The van der Waals surface area contributed by atoms with E-state index in [1.807, 2.05) is 30.6 Å². The molecule has 6 nitrogen and oxygen atoms in total. The number of rotatable bonds is 14. The summed E-state index contributed by atoms with van der Waals surface area (Å²) in [7, 11) is 3.10. The van der Waals surface area contributed by atoms with E-state index in [1.54, 1.807) is 26.4 Å². The van der Waals surface area contributed by atoms with Crippen LogP contribution < -0.4 is 18.8 Å². The number of hydrogen-bond acceptors (Lipinski definition) is 5. The highest BCUT2D eigenvalue weighted by atomic mass is 16.5. The minimum atomic E-state index is -0.395. The summed E-state index contributed by atoms with van der Waals surface area (Å²) in [6.45, 7) is 4.01. The predicted octanol–water partition coefficient (Wildman–Crippen LogP) is 4.59. The number of aromatic nitrogens is 1. The van der Waals surface area contributed by atoms with Gasteiger partial charge in [-0.25, -0.2) is 9.36 Å². The van der Waals surface area contributed by atoms with E-state index in [0.29, 0.717) is 36.0 Å². The first kappa shape index (κ1) is 23.5. The summed E-state index contributed by atoms with van der Waals surface area (Å²) in [5.74, 6) is 1.07. The van der Waals surface area contributed by atoms with E-state index in [-0.39, 0.29) is 0 Å². The number of pyridine rings is 1. The molecule has 0 atom stereocenters. The topological polar surface area (TPSA) is 57.9 Å². The van der Waals surface area contributed by atoms with Crippen LogP contribution in [0.2, 0.25) is 0 Å². The molecule has 0 amide bonds. The number of carbonyl (C=O) groups is 1. The Bertz CT molecular complexity index is 738. The average molecular weight is 417 g/mol. The predicted molar refractivity (Wildman–Crippen MR) is 115 cm³/mol. The van der Waals surface area contributed by atoms with Crippen molar-refractivity contribution in [1.29, 1.82) is 0 Å². The van der Waals surface area contributed by atoms with Crippen LogP contribution in [0.4, 0.5) is 0 Å². The molecule has 0 saturated carbocycles. The Balaban J connectivity index is 1.88. The summed E-state index contributed by atoms with van der Waals surface area (Å²) in [6, 6.07) is 9.28. The molecule has 1 heterocycles. The number of benzene rings is 1. The zero-order valence-corrected chi connectivity index (χ0v) is 18.4. The van der Waals surface area contributed by atoms with Crippen molar-refractivity contribution >= 4 is 5.97 Å². The van der Waals surface area contributed by atoms with Gasteiger partial charge >= 0.3 is 5.97 Å². The van der Waals surface area contributed by atoms with Crippen molar-refractivity contribution in [3.8, 4) is 17.2 Å². The highest BCUT2D eigenvalue weighted by Gasteiger charge is 2.18. The van der Waals surface area contributed by atoms with Crippen molar-refractivity contribution in [2.24, 2.45) is 0 Å². The molecular weight excluding hydrogens is 382 g/mol. The van der Waals surface area contributed by atoms with Gasteiger partial charge in [0.1, 0.15) is 6.54 Å². The van der Waals surface area contributed by atoms with Crippen molar-refractivity contribution in [2.75, 3.05) is 27.4 Å². The summed E-state index contributed by atoms with van der Waals surface area (Å²) in [5.41, 5.74) is 0.388. The van der Waals surface area contributed by atoms with Crippen LogP contribution in [0.1, 0.15) is 55.8 Å². The summed E-state index contributed by atoms with van der Waals surface area (Å²) >= 11 is 0. The van der Waals surface area contributed by atoms with Gasteiger partial charge in [-0.2, -0.15) is 0 Å². The average Bonchev–Trinajstić information content (AvgIpc) is 2.78. The zero-order chi connectivity index (χ0) is 21.6. The fourth-order valence-corrected chi connectivity index (χ4v) is 3.07. The molecule has 2 rings (SSSR count). The maximum atomic E-state index is 12.5. The van der Waals surface area contributed by atoms with Gasteiger partial charge in [-0.3, -0.25) is 0 Å². The normalized spacial score (nSPS) is 10.5. The van der Waals surface area contributed by atoms with Crippen molar-refractivity contribution in [3.05, 3.63) is 48.3 Å². The molecule has 0 N–H and O–H groups in total. The number of ether oxygens (including phenoxy) is 4. The standard InChI is InChI=1S/C24H34NO5/c1-4-5-6-11-16-29-23-21(27-2)18-20(19-22(23)28-3)24(26)30-17-12-10-15-25-13-8-7-9-14-25/h7-9,13-14,18-19H,4-6,10-12,15-17H2,1-3H3/q+1. The second-order valence-corrected chi connectivity index (χ2v) is 7.08. The Labute approximate surface area is 179 Å². The molecule has 0 saturated heterocycles. The van der Waals surface area contributed by atoms with Crippen LogP contribution in [0.25, 0.3) is 0 Å². The fraction of sp³-hybridized carbons (Fsp3) is 0.500. The summed E-state index contributed by atoms with van der Waals surface area (Å²) in [4.78, 5) is 12.5. The molecule has 1 aromatic carbocycles. The van der Waals surface area contributed by atoms with Crippen LogP contribution in [0.15, 0.2) is 42.7 Å². The third-order valence-electron chi connectivity index (χ3n) is 4.76. The van der Waals surface area contributed by atoms with Gasteiger partial charge in [0, 0.05) is 18.6 Å². The number of esters is 1. The summed E-state index contributed by atoms with van der Waals surface area (Å²) < 4.78 is 24.3. The fourth-order valence-electron chi connectivity index (χ4n) is 3.07. The van der Waals surface area contributed by atoms with Gasteiger partial charge in [0.2, 0.25) is 5.75 Å². The first-order valence-electron chi connectivity index (χ1n) is 10.7. The van der Waals surface area contributed by atoms with E-state index in [0.717, 1.165) is 32.2 Å². The Morgan fingerprint density at radius 3 is 2.17 bits per heavy atom. The Morgan fingerprint density at radius 1 is 0.867 bits per heavy atom. The lowest BCUT2D eigenvalue weighted by molar-refractivity contribution is -0.697. The van der Waals surface area contributed by atoms with Gasteiger partial charge in [0.25, 0.3) is 0 Å². The van der Waals surface area contributed by atoms with Crippen molar-refractivity contribution < 1.29 is 28.3 Å². The Kier molecular flexibility index (Phi) is 10.6. The number of unbranched alkanes of at least 4 members (excludes halogenated alkanes) is 4. The third-order valence-corrected chi connectivity index (χ3v) is 4.76. The first-order valence-corrected chi connectivity index (χ1v) is 10.7. The van der Waals surface area contributed by atoms with Crippen LogP contribution in [0, 0.1) is 0 Å². The smallest absolute Gasteiger partial charge is 0.338 e. The van der Waals surface area contributed by atoms with E-state index in [4.69, 9.17) is 18.9 Å². The molecule has 2 aromatic rings. The molecule has 0 radical (unpaired) electrons. The molecule has 0 aliphatic rings. The van der Waals surface area contributed by atoms with Gasteiger partial charge in [-0.05, 0) is 25.0 Å². The molecule has 0 aliphatic heterocycles. The third kappa shape index (κ3) is 7.58. The molecule has 6 heteroatoms. The van der Waals surface area contributed by atoms with Crippen LogP contribution in [-0.4, -0.2) is 33.4 Å². The second-order valence-electron chi connectivity index (χ2n) is 7.08. The van der Waals surface area contributed by atoms with E-state index in [2.05, 4.69) is 11.5 Å². The van der Waals surface area contributed by atoms with Gasteiger partial charge in [-0.15, -0.1) is 0 Å². The Morgan fingerprint density at radius 2 is 1.53 bits per heavy atom. The monoisotopic (exact) mass is 416 g/mol. The number of aryl methyl sites for hydroxylation is 1. The molecule has 0 spiro atoms. The van der Waals surface area contributed by atoms with Crippen LogP contribution in [0.5, 0.6) is 17.2 Å². The van der Waals surface area contributed by atoms with Crippen LogP contribution in [0.3, 0.4) is 0 Å². The highest BCUT2D eigenvalue weighted by Crippen LogP contribution is 2.39. The van der Waals surface area contributed by atoms with Gasteiger partial charge in [0.15, 0.2) is 23.9 Å². The minimum absolute atomic E-state index is 0.368. The number of carbonyl (C=O) groups excluding carboxylic acids is 1. The second kappa shape index (κ2) is 13.5. The SMILES string of the molecule is CCCCCCOc1c(OC)cc(C(=O)OCCCC[n+]2ccccc2)cc1OC. The lowest BCUT2D eigenvalue weighted by Crippen LogP contribution is -2.32. The quantitative estimate of drug-likeness (QED) is 0.256. The van der Waals surface area contributed by atoms with Gasteiger partial charge in [0.05, 0.1) is 33.0 Å². The molecule has 164 valence electrons. The maximum Gasteiger partial charge on any atom is 0.338 e. The lowest BCUT2D eigenvalue weighted by atomic mass is 10.1. The van der Waals surface area contributed by atoms with Crippen LogP contribution >= 0.6 is 0 Å². The number of nitrogens with zero attached hydrogens (tertiary/aromatic N) is 1. The van der Waals surface area contributed by atoms with Crippen molar-refractivity contribution in [2.45, 2.75) is 52.0 Å². The Hall–Kier alpha value is -2.76. The maximum absolute atomic E-state index is 12.5. The molecular formula is C24H34NO5+. The highest BCUT2D eigenvalue weighted by molar-refractivity contribution is 5.91. The van der Waals surface area contributed by atoms with Gasteiger partial charge in [-0.1, -0.05) is 32.3 Å². The van der Waals surface area contributed by atoms with E-state index in [9.17, 15) is 4.79 Å². The summed E-state index contributed by atoms with van der Waals surface area (Å²) in [5, 5.41) is 0. The largest absolute Gasteiger partial charge is 0.493 e. The molecule has 0 bridgehead atoms. The first-order chi connectivity index (χ1) is 14.7. The lowest BCUT2D eigenvalue weighted by Gasteiger charge is -2.16. The van der Waals surface area contributed by atoms with Crippen molar-refractivity contribution in [1.82, 2.24) is 0 Å². The van der Waals surface area contributed by atoms with Crippen molar-refractivity contribution in [3.63, 3.8) is 0 Å². The number of hydrogen-bond donors (Lipinski definition) is 0. The summed E-state index contributed by atoms with van der Waals surface area (Å²) in [6.07, 6.45) is 10.2. The molecule has 0 unspecified atom stereocenters.